The molecule has 0 fully saturated rings. The van der Waals surface area contributed by atoms with Gasteiger partial charge in [0.25, 0.3) is 0 Å². The average molecular weight is 401 g/mol. The molecule has 1 heterocycles. The lowest BCUT2D eigenvalue weighted by Crippen LogP contribution is -2.59. The molecule has 2 nitrogen and oxygen atoms in total. The van der Waals surface area contributed by atoms with Gasteiger partial charge in [-0.2, -0.15) is 13.2 Å². The van der Waals surface area contributed by atoms with Crippen LogP contribution in [0.3, 0.4) is 0 Å². The normalized spacial score (nSPS) is 19.2. The Morgan fingerprint density at radius 2 is 1.80 bits per heavy atom. The van der Waals surface area contributed by atoms with Gasteiger partial charge in [0.1, 0.15) is 0 Å². The predicted molar refractivity (Wildman–Crippen MR) is 96.9 cm³/mol. The average Bonchev–Trinajstić information content (AvgIpc) is 2.53. The zero-order valence-corrected chi connectivity index (χ0v) is 14.7. The summed E-state index contributed by atoms with van der Waals surface area (Å²) >= 11 is 16.8. The van der Waals surface area contributed by atoms with Crippen molar-refractivity contribution in [1.29, 1.82) is 0 Å². The molecule has 2 N–H and O–H groups in total. The fourth-order valence-corrected chi connectivity index (χ4v) is 3.06. The number of nitrogens with one attached hydrogen (secondary N) is 2. The van der Waals surface area contributed by atoms with Crippen molar-refractivity contribution in [3.8, 4) is 11.8 Å². The Bertz CT molecular complexity index is 918. The largest absolute Gasteiger partial charge is 0.427 e. The monoisotopic (exact) mass is 400 g/mol. The summed E-state index contributed by atoms with van der Waals surface area (Å²) in [5, 5.41) is 5.19. The lowest BCUT2D eigenvalue weighted by atomic mass is 9.86. The summed E-state index contributed by atoms with van der Waals surface area (Å²) in [7, 11) is 0. The number of thiocarbonyl (C=S) groups is 1. The summed E-state index contributed by atoms with van der Waals surface area (Å²) in [5.41, 5.74) is -2.38. The summed E-state index contributed by atoms with van der Waals surface area (Å²) < 4.78 is 42.2. The third-order valence-corrected chi connectivity index (χ3v) is 4.39. The van der Waals surface area contributed by atoms with E-state index in [1.54, 1.807) is 18.2 Å². The molecule has 1 unspecified atom stereocenters. The number of rotatable bonds is 0. The summed E-state index contributed by atoms with van der Waals surface area (Å²) in [5.74, 6) is 4.81. The molecule has 0 bridgehead atoms. The van der Waals surface area contributed by atoms with E-state index in [2.05, 4.69) is 22.5 Å². The highest BCUT2D eigenvalue weighted by Gasteiger charge is 2.58. The van der Waals surface area contributed by atoms with Gasteiger partial charge in [-0.1, -0.05) is 47.2 Å². The topological polar surface area (TPSA) is 24.1 Å². The van der Waals surface area contributed by atoms with E-state index < -0.39 is 11.7 Å². The number of hydrogen-bond acceptors (Lipinski definition) is 1. The quantitative estimate of drug-likeness (QED) is 0.474. The van der Waals surface area contributed by atoms with E-state index >= 15 is 0 Å². The van der Waals surface area contributed by atoms with Crippen molar-refractivity contribution in [3.63, 3.8) is 0 Å². The van der Waals surface area contributed by atoms with E-state index in [-0.39, 0.29) is 32.0 Å². The molecule has 1 aliphatic rings. The van der Waals surface area contributed by atoms with E-state index in [0.717, 1.165) is 0 Å². The minimum atomic E-state index is -4.76. The van der Waals surface area contributed by atoms with Crippen LogP contribution in [0.1, 0.15) is 11.1 Å². The second kappa shape index (κ2) is 6.41. The van der Waals surface area contributed by atoms with Gasteiger partial charge in [-0.25, -0.2) is 0 Å². The Balaban J connectivity index is 2.25. The third-order valence-electron chi connectivity index (χ3n) is 3.62. The van der Waals surface area contributed by atoms with Crippen LogP contribution in [-0.4, -0.2) is 11.3 Å². The Morgan fingerprint density at radius 3 is 2.48 bits per heavy atom. The molecular weight excluding hydrogens is 392 g/mol. The van der Waals surface area contributed by atoms with Gasteiger partial charge in [0, 0.05) is 21.8 Å². The zero-order chi connectivity index (χ0) is 18.2. The van der Waals surface area contributed by atoms with Gasteiger partial charge in [-0.05, 0) is 42.5 Å². The minimum absolute atomic E-state index is 0.152. The maximum absolute atomic E-state index is 14.1. The molecule has 0 saturated heterocycles. The van der Waals surface area contributed by atoms with Crippen molar-refractivity contribution in [2.45, 2.75) is 11.7 Å². The van der Waals surface area contributed by atoms with Crippen LogP contribution >= 0.6 is 35.4 Å². The summed E-state index contributed by atoms with van der Waals surface area (Å²) in [6.45, 7) is 0. The lowest BCUT2D eigenvalue weighted by molar-refractivity contribution is -0.177. The van der Waals surface area contributed by atoms with E-state index in [4.69, 9.17) is 35.4 Å². The molecule has 8 heteroatoms. The molecule has 1 atom stereocenters. The van der Waals surface area contributed by atoms with E-state index in [1.807, 2.05) is 0 Å². The van der Waals surface area contributed by atoms with Crippen molar-refractivity contribution in [1.82, 2.24) is 5.32 Å². The molecule has 2 aromatic rings. The van der Waals surface area contributed by atoms with Crippen LogP contribution in [0.25, 0.3) is 0 Å². The second-order valence-corrected chi connectivity index (χ2v) is 6.50. The highest BCUT2D eigenvalue weighted by atomic mass is 35.5. The van der Waals surface area contributed by atoms with Crippen molar-refractivity contribution >= 4 is 46.2 Å². The third kappa shape index (κ3) is 3.28. The highest BCUT2D eigenvalue weighted by molar-refractivity contribution is 7.80. The van der Waals surface area contributed by atoms with Crippen LogP contribution in [0.5, 0.6) is 0 Å². The molecule has 0 amide bonds. The smallest absolute Gasteiger partial charge is 0.335 e. The maximum Gasteiger partial charge on any atom is 0.427 e. The van der Waals surface area contributed by atoms with Crippen molar-refractivity contribution in [2.24, 2.45) is 0 Å². The Hall–Kier alpha value is -1.94. The minimum Gasteiger partial charge on any atom is -0.335 e. The molecule has 0 spiro atoms. The SMILES string of the molecule is FC(F)(F)C1(C#Cc2ccccc2Cl)NC(=S)Nc2ccc(Cl)cc21. The van der Waals surface area contributed by atoms with Gasteiger partial charge < -0.3 is 10.6 Å². The fraction of sp³-hybridized carbons (Fsp3) is 0.118. The Kier molecular flexibility index (Phi) is 4.58. The van der Waals surface area contributed by atoms with Crippen LogP contribution in [0.2, 0.25) is 10.0 Å². The molecule has 128 valence electrons. The van der Waals surface area contributed by atoms with E-state index in [9.17, 15) is 13.2 Å². The standard InChI is InChI=1S/C17H9Cl2F3N2S/c18-11-5-6-14-12(9-11)16(17(20,21)22,24-15(25)23-14)8-7-10-3-1-2-4-13(10)19/h1-6,9H,(H2,23,24,25). The molecule has 0 saturated carbocycles. The van der Waals surface area contributed by atoms with Crippen molar-refractivity contribution in [3.05, 3.63) is 63.6 Å². The van der Waals surface area contributed by atoms with Gasteiger partial charge >= 0.3 is 6.18 Å². The van der Waals surface area contributed by atoms with Gasteiger partial charge in [-0.3, -0.25) is 0 Å². The molecule has 0 aromatic heterocycles. The van der Waals surface area contributed by atoms with Crippen LogP contribution in [0.4, 0.5) is 18.9 Å². The molecule has 2 aromatic carbocycles. The highest BCUT2D eigenvalue weighted by Crippen LogP contribution is 2.44. The lowest BCUT2D eigenvalue weighted by Gasteiger charge is -2.38. The van der Waals surface area contributed by atoms with Gasteiger partial charge in [0.2, 0.25) is 5.54 Å². The number of benzene rings is 2. The van der Waals surface area contributed by atoms with Crippen LogP contribution in [0, 0.1) is 11.8 Å². The van der Waals surface area contributed by atoms with Crippen LogP contribution in [0.15, 0.2) is 42.5 Å². The molecular formula is C17H9Cl2F3N2S. The molecule has 3 rings (SSSR count). The molecule has 1 aliphatic heterocycles. The predicted octanol–water partition coefficient (Wildman–Crippen LogP) is 5.10. The maximum atomic E-state index is 14.1. The number of fused-ring (bicyclic) bond motifs is 1. The summed E-state index contributed by atoms with van der Waals surface area (Å²) in [4.78, 5) is 0. The first-order valence-electron chi connectivity index (χ1n) is 6.96. The van der Waals surface area contributed by atoms with Gasteiger partial charge in [-0.15, -0.1) is 0 Å². The van der Waals surface area contributed by atoms with E-state index in [0.29, 0.717) is 0 Å². The number of halogens is 5. The molecule has 25 heavy (non-hydrogen) atoms. The first-order valence-corrected chi connectivity index (χ1v) is 8.13. The Labute approximate surface area is 157 Å². The number of anilines is 1. The van der Waals surface area contributed by atoms with E-state index in [1.165, 1.54) is 24.3 Å². The van der Waals surface area contributed by atoms with Crippen LogP contribution < -0.4 is 10.6 Å². The fourth-order valence-electron chi connectivity index (χ4n) is 2.44. The first-order chi connectivity index (χ1) is 11.7. The number of alkyl halides is 3. The van der Waals surface area contributed by atoms with Crippen LogP contribution in [-0.2, 0) is 5.54 Å². The summed E-state index contributed by atoms with van der Waals surface area (Å²) in [6.07, 6.45) is -4.76. The van der Waals surface area contributed by atoms with Gasteiger partial charge in [0.05, 0.1) is 5.02 Å². The molecule has 0 radical (unpaired) electrons. The molecule has 0 aliphatic carbocycles. The van der Waals surface area contributed by atoms with Crippen molar-refractivity contribution in [2.75, 3.05) is 5.32 Å². The summed E-state index contributed by atoms with van der Waals surface area (Å²) in [6, 6.07) is 10.5. The first kappa shape index (κ1) is 17.9. The second-order valence-electron chi connectivity index (χ2n) is 5.25. The zero-order valence-electron chi connectivity index (χ0n) is 12.3. The van der Waals surface area contributed by atoms with Crippen molar-refractivity contribution < 1.29 is 13.2 Å². The number of hydrogen-bond donors (Lipinski definition) is 2. The van der Waals surface area contributed by atoms with Gasteiger partial charge in [0.15, 0.2) is 5.11 Å². The Morgan fingerprint density at radius 1 is 1.08 bits per heavy atom.